The first kappa shape index (κ1) is 12.2. The molecule has 0 saturated carbocycles. The van der Waals surface area contributed by atoms with Gasteiger partial charge >= 0.3 is 5.97 Å². The fourth-order valence-corrected chi connectivity index (χ4v) is 1.58. The molecule has 2 heterocycles. The number of pyridine rings is 1. The number of ether oxygens (including phenoxy) is 1. The van der Waals surface area contributed by atoms with E-state index in [-0.39, 0.29) is 12.6 Å². The average molecular weight is 243 g/mol. The normalized spacial score (nSPS) is 10.1. The molecule has 0 N–H and O–H groups in total. The van der Waals surface area contributed by atoms with Crippen LogP contribution in [0.25, 0.3) is 0 Å². The third kappa shape index (κ3) is 3.10. The van der Waals surface area contributed by atoms with Crippen molar-refractivity contribution in [2.24, 2.45) is 0 Å². The van der Waals surface area contributed by atoms with Crippen LogP contribution in [0.4, 0.5) is 0 Å². The van der Waals surface area contributed by atoms with Crippen LogP contribution in [0.5, 0.6) is 0 Å². The number of esters is 1. The minimum atomic E-state index is -0.383. The Labute approximate surface area is 105 Å². The maximum atomic E-state index is 11.7. The molecule has 0 amide bonds. The van der Waals surface area contributed by atoms with Gasteiger partial charge in [-0.1, -0.05) is 0 Å². The van der Waals surface area contributed by atoms with Gasteiger partial charge in [-0.05, 0) is 32.0 Å². The second-order valence-corrected chi connectivity index (χ2v) is 3.86. The molecule has 0 bridgehead atoms. The number of aromatic nitrogens is 3. The van der Waals surface area contributed by atoms with Gasteiger partial charge in [0.15, 0.2) is 0 Å². The van der Waals surface area contributed by atoms with Gasteiger partial charge in [-0.3, -0.25) is 4.98 Å². The van der Waals surface area contributed by atoms with Gasteiger partial charge in [0.1, 0.15) is 12.4 Å². The van der Waals surface area contributed by atoms with Crippen LogP contribution in [-0.2, 0) is 11.3 Å². The molecule has 0 aliphatic carbocycles. The van der Waals surface area contributed by atoms with Crippen molar-refractivity contribution in [1.82, 2.24) is 15.0 Å². The van der Waals surface area contributed by atoms with Gasteiger partial charge in [-0.2, -0.15) is 0 Å². The van der Waals surface area contributed by atoms with Gasteiger partial charge in [-0.25, -0.2) is 14.8 Å². The van der Waals surface area contributed by atoms with E-state index in [1.54, 1.807) is 37.5 Å². The van der Waals surface area contributed by atoms with Crippen molar-refractivity contribution in [2.75, 3.05) is 0 Å². The van der Waals surface area contributed by atoms with E-state index in [9.17, 15) is 4.79 Å². The Bertz CT molecular complexity index is 535. The number of aryl methyl sites for hydroxylation is 2. The molecular formula is C13H13N3O2. The standard InChI is InChI=1S/C13H13N3O2/c1-9-7-12(16-10(2)15-9)8-18-13(17)11-3-5-14-6-4-11/h3-7H,8H2,1-2H3. The van der Waals surface area contributed by atoms with Gasteiger partial charge in [0.05, 0.1) is 11.3 Å². The fourth-order valence-electron chi connectivity index (χ4n) is 1.58. The minimum Gasteiger partial charge on any atom is -0.456 e. The highest BCUT2D eigenvalue weighted by atomic mass is 16.5. The van der Waals surface area contributed by atoms with Crippen molar-refractivity contribution >= 4 is 5.97 Å². The number of hydrogen-bond acceptors (Lipinski definition) is 5. The summed E-state index contributed by atoms with van der Waals surface area (Å²) in [4.78, 5) is 23.9. The lowest BCUT2D eigenvalue weighted by Gasteiger charge is -2.05. The number of carbonyl (C=O) groups excluding carboxylic acids is 1. The summed E-state index contributed by atoms with van der Waals surface area (Å²) in [7, 11) is 0. The van der Waals surface area contributed by atoms with Gasteiger partial charge < -0.3 is 4.74 Å². The lowest BCUT2D eigenvalue weighted by molar-refractivity contribution is 0.0467. The minimum absolute atomic E-state index is 0.144. The SMILES string of the molecule is Cc1cc(COC(=O)c2ccncc2)nc(C)n1. The molecule has 0 fully saturated rings. The van der Waals surface area contributed by atoms with E-state index < -0.39 is 0 Å². The van der Waals surface area contributed by atoms with Crippen molar-refractivity contribution in [3.63, 3.8) is 0 Å². The molecule has 2 aromatic rings. The van der Waals surface area contributed by atoms with Crippen molar-refractivity contribution < 1.29 is 9.53 Å². The largest absolute Gasteiger partial charge is 0.456 e. The molecule has 0 unspecified atom stereocenters. The van der Waals surface area contributed by atoms with Crippen LogP contribution in [-0.4, -0.2) is 20.9 Å². The Morgan fingerprint density at radius 2 is 1.94 bits per heavy atom. The van der Waals surface area contributed by atoms with Gasteiger partial charge in [0, 0.05) is 18.1 Å². The highest BCUT2D eigenvalue weighted by molar-refractivity contribution is 5.89. The zero-order chi connectivity index (χ0) is 13.0. The lowest BCUT2D eigenvalue weighted by Crippen LogP contribution is -2.07. The molecule has 0 atom stereocenters. The monoisotopic (exact) mass is 243 g/mol. The number of hydrogen-bond donors (Lipinski definition) is 0. The third-order valence-corrected chi connectivity index (χ3v) is 2.29. The first-order valence-corrected chi connectivity index (χ1v) is 5.53. The highest BCUT2D eigenvalue weighted by Gasteiger charge is 2.07. The highest BCUT2D eigenvalue weighted by Crippen LogP contribution is 2.05. The summed E-state index contributed by atoms with van der Waals surface area (Å²) in [6.45, 7) is 3.83. The molecule has 0 aromatic carbocycles. The zero-order valence-electron chi connectivity index (χ0n) is 10.3. The van der Waals surface area contributed by atoms with Crippen LogP contribution in [0.1, 0.15) is 27.6 Å². The summed E-state index contributed by atoms with van der Waals surface area (Å²) in [6.07, 6.45) is 3.10. The van der Waals surface area contributed by atoms with Crippen LogP contribution in [0.15, 0.2) is 30.6 Å². The Balaban J connectivity index is 2.02. The molecule has 0 aliphatic heterocycles. The molecule has 5 heteroatoms. The van der Waals surface area contributed by atoms with Crippen molar-refractivity contribution in [3.05, 3.63) is 53.4 Å². The predicted octanol–water partition coefficient (Wildman–Crippen LogP) is 1.85. The Morgan fingerprint density at radius 3 is 2.61 bits per heavy atom. The first-order chi connectivity index (χ1) is 8.65. The molecule has 0 aliphatic rings. The third-order valence-electron chi connectivity index (χ3n) is 2.29. The second kappa shape index (κ2) is 5.35. The molecular weight excluding hydrogens is 230 g/mol. The van der Waals surface area contributed by atoms with Gasteiger partial charge in [0.25, 0.3) is 0 Å². The molecule has 0 spiro atoms. The number of rotatable bonds is 3. The maximum Gasteiger partial charge on any atom is 0.338 e. The fraction of sp³-hybridized carbons (Fsp3) is 0.231. The Morgan fingerprint density at radius 1 is 1.22 bits per heavy atom. The van der Waals surface area contributed by atoms with E-state index in [0.717, 1.165) is 5.69 Å². The van der Waals surface area contributed by atoms with E-state index in [2.05, 4.69) is 15.0 Å². The van der Waals surface area contributed by atoms with Crippen LogP contribution in [0, 0.1) is 13.8 Å². The maximum absolute atomic E-state index is 11.7. The van der Waals surface area contributed by atoms with E-state index in [0.29, 0.717) is 17.1 Å². The first-order valence-electron chi connectivity index (χ1n) is 5.53. The van der Waals surface area contributed by atoms with Crippen molar-refractivity contribution in [3.8, 4) is 0 Å². The lowest BCUT2D eigenvalue weighted by atomic mass is 10.3. The summed E-state index contributed by atoms with van der Waals surface area (Å²) in [5, 5.41) is 0. The topological polar surface area (TPSA) is 65.0 Å². The van der Waals surface area contributed by atoms with Gasteiger partial charge in [-0.15, -0.1) is 0 Å². The molecule has 0 radical (unpaired) electrons. The van der Waals surface area contributed by atoms with Crippen LogP contribution >= 0.6 is 0 Å². The summed E-state index contributed by atoms with van der Waals surface area (Å²) in [6, 6.07) is 5.02. The molecule has 18 heavy (non-hydrogen) atoms. The van der Waals surface area contributed by atoms with E-state index in [1.165, 1.54) is 0 Å². The van der Waals surface area contributed by atoms with E-state index in [1.807, 2.05) is 6.92 Å². The number of carbonyl (C=O) groups is 1. The zero-order valence-corrected chi connectivity index (χ0v) is 10.3. The van der Waals surface area contributed by atoms with E-state index >= 15 is 0 Å². The average Bonchev–Trinajstić information content (AvgIpc) is 2.36. The smallest absolute Gasteiger partial charge is 0.338 e. The van der Waals surface area contributed by atoms with Crippen molar-refractivity contribution in [1.29, 1.82) is 0 Å². The molecule has 0 saturated heterocycles. The quantitative estimate of drug-likeness (QED) is 0.770. The number of nitrogens with zero attached hydrogens (tertiary/aromatic N) is 3. The summed E-state index contributed by atoms with van der Waals surface area (Å²) in [5.41, 5.74) is 2.03. The van der Waals surface area contributed by atoms with Crippen molar-refractivity contribution in [2.45, 2.75) is 20.5 Å². The molecule has 92 valence electrons. The summed E-state index contributed by atoms with van der Waals surface area (Å²) >= 11 is 0. The summed E-state index contributed by atoms with van der Waals surface area (Å²) in [5.74, 6) is 0.288. The molecule has 2 aromatic heterocycles. The van der Waals surface area contributed by atoms with Crippen LogP contribution < -0.4 is 0 Å². The van der Waals surface area contributed by atoms with Crippen LogP contribution in [0.2, 0.25) is 0 Å². The Kier molecular flexibility index (Phi) is 3.62. The molecule has 2 rings (SSSR count). The summed E-state index contributed by atoms with van der Waals surface area (Å²) < 4.78 is 5.17. The predicted molar refractivity (Wildman–Crippen MR) is 64.9 cm³/mol. The van der Waals surface area contributed by atoms with Crippen LogP contribution in [0.3, 0.4) is 0 Å². The van der Waals surface area contributed by atoms with Gasteiger partial charge in [0.2, 0.25) is 0 Å². The molecule has 5 nitrogen and oxygen atoms in total. The Hall–Kier alpha value is -2.30. The van der Waals surface area contributed by atoms with E-state index in [4.69, 9.17) is 4.74 Å². The second-order valence-electron chi connectivity index (χ2n) is 3.86.